The summed E-state index contributed by atoms with van der Waals surface area (Å²) in [6.45, 7) is 5.41. The van der Waals surface area contributed by atoms with E-state index in [1.807, 2.05) is 36.4 Å². The molecule has 9 heteroatoms. The second-order valence-electron chi connectivity index (χ2n) is 7.89. The van der Waals surface area contributed by atoms with E-state index in [1.165, 1.54) is 6.07 Å². The fourth-order valence-electron chi connectivity index (χ4n) is 3.95. The predicted octanol–water partition coefficient (Wildman–Crippen LogP) is 3.76. The van der Waals surface area contributed by atoms with Gasteiger partial charge in [0.1, 0.15) is 5.15 Å². The molecule has 0 saturated carbocycles. The first kappa shape index (κ1) is 22.0. The number of non-ortho nitro benzene ring substituents is 1. The minimum atomic E-state index is -0.385. The van der Waals surface area contributed by atoms with Gasteiger partial charge in [-0.25, -0.2) is 4.68 Å². The highest BCUT2D eigenvalue weighted by molar-refractivity contribution is 6.33. The lowest BCUT2D eigenvalue weighted by molar-refractivity contribution is -0.384. The summed E-state index contributed by atoms with van der Waals surface area (Å²) >= 11 is 6.56. The Labute approximate surface area is 191 Å². The van der Waals surface area contributed by atoms with Crippen molar-refractivity contribution in [3.8, 4) is 0 Å². The first-order chi connectivity index (χ1) is 15.4. The molecule has 166 valence electrons. The molecule has 4 rings (SSSR count). The van der Waals surface area contributed by atoms with Crippen LogP contribution >= 0.6 is 11.6 Å². The van der Waals surface area contributed by atoms with Crippen molar-refractivity contribution in [2.45, 2.75) is 20.0 Å². The Balaban J connectivity index is 1.39. The van der Waals surface area contributed by atoms with E-state index < -0.39 is 0 Å². The van der Waals surface area contributed by atoms with Gasteiger partial charge < -0.3 is 4.90 Å². The molecule has 0 radical (unpaired) electrons. The molecule has 32 heavy (non-hydrogen) atoms. The van der Waals surface area contributed by atoms with E-state index in [2.05, 4.69) is 10.00 Å². The average molecular weight is 454 g/mol. The van der Waals surface area contributed by atoms with Crippen LogP contribution in [0.3, 0.4) is 0 Å². The summed E-state index contributed by atoms with van der Waals surface area (Å²) < 4.78 is 1.66. The van der Waals surface area contributed by atoms with Crippen molar-refractivity contribution in [3.63, 3.8) is 0 Å². The number of nitro groups is 1. The number of nitro benzene ring substituents is 1. The molecule has 3 aromatic rings. The number of hydrogen-bond donors (Lipinski definition) is 0. The molecule has 1 fully saturated rings. The Morgan fingerprint density at radius 3 is 2.41 bits per heavy atom. The average Bonchev–Trinajstić information content (AvgIpc) is 3.07. The Morgan fingerprint density at radius 1 is 1.03 bits per heavy atom. The van der Waals surface area contributed by atoms with Crippen LogP contribution in [0.25, 0.3) is 0 Å². The first-order valence-corrected chi connectivity index (χ1v) is 10.8. The Kier molecular flexibility index (Phi) is 6.53. The first-order valence-electron chi connectivity index (χ1n) is 10.4. The van der Waals surface area contributed by atoms with Gasteiger partial charge in [0.2, 0.25) is 0 Å². The molecule has 0 spiro atoms. The summed E-state index contributed by atoms with van der Waals surface area (Å²) in [5.41, 5.74) is 3.12. The minimum absolute atomic E-state index is 0.0916. The van der Waals surface area contributed by atoms with Crippen LogP contribution in [0.5, 0.6) is 0 Å². The van der Waals surface area contributed by atoms with E-state index in [4.69, 9.17) is 11.6 Å². The van der Waals surface area contributed by atoms with E-state index >= 15 is 0 Å². The minimum Gasteiger partial charge on any atom is -0.336 e. The third-order valence-corrected chi connectivity index (χ3v) is 6.03. The number of halogens is 1. The van der Waals surface area contributed by atoms with E-state index in [1.54, 1.807) is 28.6 Å². The summed E-state index contributed by atoms with van der Waals surface area (Å²) in [5, 5.41) is 15.8. The molecule has 0 N–H and O–H groups in total. The highest BCUT2D eigenvalue weighted by atomic mass is 35.5. The number of aromatic nitrogens is 2. The zero-order valence-electron chi connectivity index (χ0n) is 17.8. The molecule has 1 aliphatic heterocycles. The van der Waals surface area contributed by atoms with Crippen LogP contribution in [0, 0.1) is 17.0 Å². The van der Waals surface area contributed by atoms with Gasteiger partial charge >= 0.3 is 0 Å². The Bertz CT molecular complexity index is 1120. The number of aryl methyl sites for hydroxylation is 1. The molecular formula is C23H24ClN5O3. The van der Waals surface area contributed by atoms with Crippen LogP contribution < -0.4 is 0 Å². The monoisotopic (exact) mass is 453 g/mol. The van der Waals surface area contributed by atoms with Gasteiger partial charge in [0.15, 0.2) is 0 Å². The SMILES string of the molecule is Cc1nn(Cc2ccccc2)c(Cl)c1C(=O)N1CCN(Cc2cccc([N+](=O)[O-])c2)CC1. The maximum Gasteiger partial charge on any atom is 0.269 e. The van der Waals surface area contributed by atoms with Crippen LogP contribution in [-0.2, 0) is 13.1 Å². The Morgan fingerprint density at radius 2 is 1.72 bits per heavy atom. The van der Waals surface area contributed by atoms with Gasteiger partial charge in [-0.3, -0.25) is 19.8 Å². The van der Waals surface area contributed by atoms with E-state index in [9.17, 15) is 14.9 Å². The summed E-state index contributed by atoms with van der Waals surface area (Å²) in [4.78, 5) is 27.8. The fourth-order valence-corrected chi connectivity index (χ4v) is 4.27. The molecule has 2 heterocycles. The van der Waals surface area contributed by atoms with Crippen molar-refractivity contribution in [1.82, 2.24) is 19.6 Å². The lowest BCUT2D eigenvalue weighted by Crippen LogP contribution is -2.48. The zero-order valence-corrected chi connectivity index (χ0v) is 18.5. The zero-order chi connectivity index (χ0) is 22.7. The van der Waals surface area contributed by atoms with Crippen molar-refractivity contribution < 1.29 is 9.72 Å². The standard InChI is InChI=1S/C23H24ClN5O3/c1-17-21(22(24)28(25-17)16-18-6-3-2-4-7-18)23(30)27-12-10-26(11-13-27)15-19-8-5-9-20(14-19)29(31)32/h2-9,14H,10-13,15-16H2,1H3. The number of rotatable bonds is 6. The molecule has 1 aliphatic rings. The molecular weight excluding hydrogens is 430 g/mol. The quantitative estimate of drug-likeness (QED) is 0.419. The van der Waals surface area contributed by atoms with Gasteiger partial charge in [-0.2, -0.15) is 5.10 Å². The van der Waals surface area contributed by atoms with Gasteiger partial charge in [0.25, 0.3) is 11.6 Å². The third kappa shape index (κ3) is 4.81. The van der Waals surface area contributed by atoms with Crippen molar-refractivity contribution in [1.29, 1.82) is 0 Å². The maximum absolute atomic E-state index is 13.2. The molecule has 1 saturated heterocycles. The lowest BCUT2D eigenvalue weighted by Gasteiger charge is -2.34. The molecule has 0 atom stereocenters. The second-order valence-corrected chi connectivity index (χ2v) is 8.25. The normalized spacial score (nSPS) is 14.5. The number of hydrogen-bond acceptors (Lipinski definition) is 5. The molecule has 0 bridgehead atoms. The van der Waals surface area contributed by atoms with Gasteiger partial charge in [-0.15, -0.1) is 0 Å². The lowest BCUT2D eigenvalue weighted by atomic mass is 10.1. The van der Waals surface area contributed by atoms with Gasteiger partial charge in [-0.1, -0.05) is 54.1 Å². The molecule has 1 aromatic heterocycles. The predicted molar refractivity (Wildman–Crippen MR) is 122 cm³/mol. The highest BCUT2D eigenvalue weighted by Crippen LogP contribution is 2.24. The summed E-state index contributed by atoms with van der Waals surface area (Å²) in [6.07, 6.45) is 0. The highest BCUT2D eigenvalue weighted by Gasteiger charge is 2.28. The van der Waals surface area contributed by atoms with E-state index in [0.29, 0.717) is 55.7 Å². The smallest absolute Gasteiger partial charge is 0.269 e. The topological polar surface area (TPSA) is 84.5 Å². The molecule has 8 nitrogen and oxygen atoms in total. The molecule has 0 unspecified atom stereocenters. The van der Waals surface area contributed by atoms with Crippen LogP contribution in [-0.4, -0.2) is 56.6 Å². The van der Waals surface area contributed by atoms with Crippen LogP contribution in [0.2, 0.25) is 5.15 Å². The molecule has 2 aromatic carbocycles. The number of piperazine rings is 1. The van der Waals surface area contributed by atoms with Crippen LogP contribution in [0.15, 0.2) is 54.6 Å². The number of carbonyl (C=O) groups excluding carboxylic acids is 1. The van der Waals surface area contributed by atoms with Gasteiger partial charge in [0, 0.05) is 44.9 Å². The summed E-state index contributed by atoms with van der Waals surface area (Å²) in [5.74, 6) is -0.109. The van der Waals surface area contributed by atoms with Crippen molar-refractivity contribution in [2.75, 3.05) is 26.2 Å². The van der Waals surface area contributed by atoms with Gasteiger partial charge in [-0.05, 0) is 18.1 Å². The second kappa shape index (κ2) is 9.50. The van der Waals surface area contributed by atoms with Crippen LogP contribution in [0.1, 0.15) is 27.2 Å². The number of nitrogens with zero attached hydrogens (tertiary/aromatic N) is 5. The third-order valence-electron chi connectivity index (χ3n) is 5.64. The summed E-state index contributed by atoms with van der Waals surface area (Å²) in [6, 6.07) is 16.5. The maximum atomic E-state index is 13.2. The van der Waals surface area contributed by atoms with E-state index in [-0.39, 0.29) is 16.5 Å². The van der Waals surface area contributed by atoms with Crippen molar-refractivity contribution >= 4 is 23.2 Å². The number of benzene rings is 2. The molecule has 1 amide bonds. The van der Waals surface area contributed by atoms with Gasteiger partial charge in [0.05, 0.1) is 22.7 Å². The number of amides is 1. The van der Waals surface area contributed by atoms with Crippen LogP contribution in [0.4, 0.5) is 5.69 Å². The summed E-state index contributed by atoms with van der Waals surface area (Å²) in [7, 11) is 0. The van der Waals surface area contributed by atoms with Crippen molar-refractivity contribution in [3.05, 3.63) is 92.2 Å². The molecule has 0 aliphatic carbocycles. The van der Waals surface area contributed by atoms with Crippen molar-refractivity contribution in [2.24, 2.45) is 0 Å². The number of carbonyl (C=O) groups is 1. The Hall–Kier alpha value is -3.23. The van der Waals surface area contributed by atoms with E-state index in [0.717, 1.165) is 11.1 Å². The fraction of sp³-hybridized carbons (Fsp3) is 0.304. The largest absolute Gasteiger partial charge is 0.336 e.